The molecule has 43 heavy (non-hydrogen) atoms. The van der Waals surface area contributed by atoms with Crippen molar-refractivity contribution >= 4 is 0 Å². The number of aliphatic hydroxyl groups excluding tert-OH is 3. The van der Waals surface area contributed by atoms with Crippen molar-refractivity contribution in [2.24, 2.45) is 69.5 Å². The first-order valence-corrected chi connectivity index (χ1v) is 19.0. The van der Waals surface area contributed by atoms with Gasteiger partial charge in [-0.25, -0.2) is 0 Å². The maximum Gasteiger partial charge on any atom is 0.0656 e. The minimum atomic E-state index is -0.552. The molecule has 248 valence electrons. The van der Waals surface area contributed by atoms with Crippen molar-refractivity contribution in [1.82, 2.24) is 0 Å². The molecule has 1 heterocycles. The lowest BCUT2D eigenvalue weighted by Gasteiger charge is -2.72. The zero-order chi connectivity index (χ0) is 30.9. The molecule has 6 aliphatic rings. The minimum absolute atomic E-state index is 0.0164. The van der Waals surface area contributed by atoms with Crippen LogP contribution in [-0.4, -0.2) is 45.8 Å². The molecule has 1 saturated heterocycles. The summed E-state index contributed by atoms with van der Waals surface area (Å²) in [5, 5.41) is 35.3. The van der Waals surface area contributed by atoms with Gasteiger partial charge in [-0.15, -0.1) is 0 Å². The molecule has 4 nitrogen and oxygen atoms in total. The van der Waals surface area contributed by atoms with E-state index >= 15 is 0 Å². The van der Waals surface area contributed by atoms with Crippen LogP contribution in [0.15, 0.2) is 0 Å². The summed E-state index contributed by atoms with van der Waals surface area (Å²) in [4.78, 5) is 0. The van der Waals surface area contributed by atoms with Crippen molar-refractivity contribution in [2.75, 3.05) is 0 Å². The third-order valence-corrected chi connectivity index (χ3v) is 16.0. The number of fused-ring (bicyclic) bond motifs is 3. The molecule has 5 saturated carbocycles. The van der Waals surface area contributed by atoms with Crippen molar-refractivity contribution < 1.29 is 20.1 Å². The Hall–Kier alpha value is -0.160. The Morgan fingerprint density at radius 2 is 1.53 bits per heavy atom. The monoisotopic (exact) mass is 601 g/mol. The molecule has 16 atom stereocenters. The maximum atomic E-state index is 12.5. The molecule has 0 aromatic rings. The summed E-state index contributed by atoms with van der Waals surface area (Å²) in [6.07, 6.45) is 18.9. The molecule has 0 radical (unpaired) electrons. The smallest absolute Gasteiger partial charge is 0.0656 e. The predicted molar refractivity (Wildman–Crippen MR) is 174 cm³/mol. The topological polar surface area (TPSA) is 69.9 Å². The average Bonchev–Trinajstić information content (AvgIpc) is 3.39. The van der Waals surface area contributed by atoms with E-state index in [1.165, 1.54) is 83.5 Å². The van der Waals surface area contributed by atoms with Gasteiger partial charge in [-0.2, -0.15) is 0 Å². The summed E-state index contributed by atoms with van der Waals surface area (Å²) in [5.74, 6) is 3.49. The molecule has 5 aliphatic carbocycles. The largest absolute Gasteiger partial charge is 0.393 e. The quantitative estimate of drug-likeness (QED) is 0.286. The lowest BCUT2D eigenvalue weighted by Crippen LogP contribution is -2.70. The normalized spacial score (nSPS) is 54.8. The van der Waals surface area contributed by atoms with Gasteiger partial charge in [0.05, 0.1) is 30.5 Å². The number of hydrogen-bond donors (Lipinski definition) is 3. The van der Waals surface area contributed by atoms with Gasteiger partial charge in [-0.05, 0) is 116 Å². The van der Waals surface area contributed by atoms with Crippen LogP contribution in [0.25, 0.3) is 0 Å². The molecule has 16 unspecified atom stereocenters. The standard InChI is InChI=1S/C39H68O4/c1-23-16-18-29(31-19-17-28(43-31)15-11-14-27-12-9-8-10-13-27)30-21-37(5)22-38(6)20-24(2)32(26(4)40)36(42)39(38,7)25(3)34(37)35(41)33(23)30/h23-36,40-42H,8-22H2,1-7H3. The SMILES string of the molecule is CC(O)C1C(C)CC2(C)CC3(C)CC4C(C5CCC(CCCC6CCCCC6)O5)CCC(C)C4C(O)C3C(C)C2(C)C1O. The summed E-state index contributed by atoms with van der Waals surface area (Å²) in [7, 11) is 0. The van der Waals surface area contributed by atoms with Crippen LogP contribution in [-0.2, 0) is 4.74 Å². The maximum absolute atomic E-state index is 12.5. The first kappa shape index (κ1) is 32.8. The molecule has 4 heteroatoms. The van der Waals surface area contributed by atoms with Crippen molar-refractivity contribution in [3.63, 3.8) is 0 Å². The van der Waals surface area contributed by atoms with Gasteiger partial charge in [-0.3, -0.25) is 0 Å². The number of aliphatic hydroxyl groups is 3. The highest BCUT2D eigenvalue weighted by Gasteiger charge is 2.70. The lowest BCUT2D eigenvalue weighted by molar-refractivity contribution is -0.280. The molecule has 6 rings (SSSR count). The van der Waals surface area contributed by atoms with E-state index in [4.69, 9.17) is 4.74 Å². The van der Waals surface area contributed by atoms with Gasteiger partial charge in [0.2, 0.25) is 0 Å². The van der Waals surface area contributed by atoms with Gasteiger partial charge in [0.15, 0.2) is 0 Å². The lowest BCUT2D eigenvalue weighted by atomic mass is 9.34. The Balaban J connectivity index is 1.19. The Morgan fingerprint density at radius 1 is 0.814 bits per heavy atom. The van der Waals surface area contributed by atoms with Crippen molar-refractivity contribution in [1.29, 1.82) is 0 Å². The summed E-state index contributed by atoms with van der Waals surface area (Å²) >= 11 is 0. The van der Waals surface area contributed by atoms with Gasteiger partial charge in [-0.1, -0.05) is 86.5 Å². The number of rotatable bonds is 6. The molecule has 0 aromatic carbocycles. The highest BCUT2D eigenvalue weighted by atomic mass is 16.5. The zero-order valence-corrected chi connectivity index (χ0v) is 28.9. The molecule has 0 amide bonds. The molecule has 0 aromatic heterocycles. The minimum Gasteiger partial charge on any atom is -0.393 e. The first-order valence-electron chi connectivity index (χ1n) is 19.0. The second-order valence-corrected chi connectivity index (χ2v) is 18.4. The van der Waals surface area contributed by atoms with E-state index in [1.54, 1.807) is 0 Å². The summed E-state index contributed by atoms with van der Waals surface area (Å²) in [5.41, 5.74) is -0.286. The Morgan fingerprint density at radius 3 is 2.23 bits per heavy atom. The van der Waals surface area contributed by atoms with E-state index < -0.39 is 12.2 Å². The fourth-order valence-corrected chi connectivity index (χ4v) is 13.9. The fraction of sp³-hybridized carbons (Fsp3) is 1.00. The average molecular weight is 601 g/mol. The van der Waals surface area contributed by atoms with Crippen LogP contribution in [0.3, 0.4) is 0 Å². The Kier molecular flexibility index (Phi) is 9.25. The predicted octanol–water partition coefficient (Wildman–Crippen LogP) is 8.40. The van der Waals surface area contributed by atoms with Crippen LogP contribution < -0.4 is 0 Å². The molecular weight excluding hydrogens is 532 g/mol. The van der Waals surface area contributed by atoms with Crippen LogP contribution in [0.2, 0.25) is 0 Å². The van der Waals surface area contributed by atoms with Crippen molar-refractivity contribution in [3.05, 3.63) is 0 Å². The van der Waals surface area contributed by atoms with E-state index in [0.717, 1.165) is 18.8 Å². The van der Waals surface area contributed by atoms with E-state index in [-0.39, 0.29) is 46.0 Å². The van der Waals surface area contributed by atoms with E-state index in [1.807, 2.05) is 6.92 Å². The number of hydrogen-bond acceptors (Lipinski definition) is 4. The highest BCUT2D eigenvalue weighted by molar-refractivity contribution is 5.18. The van der Waals surface area contributed by atoms with Gasteiger partial charge in [0.25, 0.3) is 0 Å². The summed E-state index contributed by atoms with van der Waals surface area (Å²) in [6, 6.07) is 0. The number of ether oxygens (including phenoxy) is 1. The van der Waals surface area contributed by atoms with E-state index in [2.05, 4.69) is 41.5 Å². The fourth-order valence-electron chi connectivity index (χ4n) is 13.9. The first-order chi connectivity index (χ1) is 20.3. The second kappa shape index (κ2) is 12.1. The molecular formula is C39H68O4. The molecule has 3 N–H and O–H groups in total. The van der Waals surface area contributed by atoms with Crippen LogP contribution in [0, 0.1) is 69.5 Å². The van der Waals surface area contributed by atoms with Crippen molar-refractivity contribution in [3.8, 4) is 0 Å². The zero-order valence-electron chi connectivity index (χ0n) is 28.9. The van der Waals surface area contributed by atoms with Crippen LogP contribution in [0.4, 0.5) is 0 Å². The summed E-state index contributed by atoms with van der Waals surface area (Å²) in [6.45, 7) is 16.1. The van der Waals surface area contributed by atoms with Gasteiger partial charge in [0, 0.05) is 11.3 Å². The van der Waals surface area contributed by atoms with E-state index in [0.29, 0.717) is 35.9 Å². The Bertz CT molecular complexity index is 961. The van der Waals surface area contributed by atoms with Crippen LogP contribution >= 0.6 is 0 Å². The third kappa shape index (κ3) is 5.41. The molecule has 0 bridgehead atoms. The second-order valence-electron chi connectivity index (χ2n) is 18.4. The molecule has 6 fully saturated rings. The van der Waals surface area contributed by atoms with Crippen LogP contribution in [0.5, 0.6) is 0 Å². The van der Waals surface area contributed by atoms with Gasteiger partial charge >= 0.3 is 0 Å². The highest BCUT2D eigenvalue weighted by Crippen LogP contribution is 2.73. The van der Waals surface area contributed by atoms with Gasteiger partial charge < -0.3 is 20.1 Å². The third-order valence-electron chi connectivity index (χ3n) is 16.0. The molecule has 0 spiro atoms. The Labute approximate surface area is 264 Å². The van der Waals surface area contributed by atoms with Crippen molar-refractivity contribution in [2.45, 2.75) is 175 Å². The summed E-state index contributed by atoms with van der Waals surface area (Å²) < 4.78 is 6.95. The van der Waals surface area contributed by atoms with Gasteiger partial charge in [0.1, 0.15) is 0 Å². The molecule has 1 aliphatic heterocycles. The van der Waals surface area contributed by atoms with E-state index in [9.17, 15) is 15.3 Å². The van der Waals surface area contributed by atoms with Crippen LogP contribution in [0.1, 0.15) is 145 Å².